The van der Waals surface area contributed by atoms with Crippen LogP contribution in [-0.4, -0.2) is 31.2 Å². The summed E-state index contributed by atoms with van der Waals surface area (Å²) in [7, 11) is 2.48. The highest BCUT2D eigenvalue weighted by Gasteiger charge is 2.17. The minimum absolute atomic E-state index is 1.31. The van der Waals surface area contributed by atoms with E-state index in [9.17, 15) is 0 Å². The molecule has 1 nitrogen and oxygen atoms in total. The van der Waals surface area contributed by atoms with Crippen molar-refractivity contribution in [1.29, 1.82) is 0 Å². The molecule has 0 bridgehead atoms. The van der Waals surface area contributed by atoms with E-state index in [0.29, 0.717) is 0 Å². The van der Waals surface area contributed by atoms with E-state index < -0.39 is 0 Å². The van der Waals surface area contributed by atoms with Gasteiger partial charge in [0.1, 0.15) is 0 Å². The van der Waals surface area contributed by atoms with Crippen LogP contribution in [0.4, 0.5) is 0 Å². The fourth-order valence-electron chi connectivity index (χ4n) is 3.51. The van der Waals surface area contributed by atoms with Gasteiger partial charge >= 0.3 is 0 Å². The van der Waals surface area contributed by atoms with Crippen molar-refractivity contribution >= 4 is 0 Å². The normalized spacial score (nSPS) is 14.1. The standard InChI is InChI=1S/C22H48N/c1-5-8-10-12-14-15-16-18-20-22-23(4,7-3)21-19-17-13-11-9-6-2/h5-22H2,1-4H3/q+1. The summed E-state index contributed by atoms with van der Waals surface area (Å²) in [6.07, 6.45) is 21.6. The second-order valence-electron chi connectivity index (χ2n) is 7.98. The van der Waals surface area contributed by atoms with E-state index in [0.717, 1.165) is 0 Å². The van der Waals surface area contributed by atoms with Gasteiger partial charge in [-0.2, -0.15) is 0 Å². The number of hydrogen-bond donors (Lipinski definition) is 0. The second-order valence-corrected chi connectivity index (χ2v) is 7.98. The Labute approximate surface area is 148 Å². The maximum Gasteiger partial charge on any atom is 0.0784 e. The fourth-order valence-corrected chi connectivity index (χ4v) is 3.51. The van der Waals surface area contributed by atoms with Crippen molar-refractivity contribution in [3.8, 4) is 0 Å². The molecule has 0 heterocycles. The van der Waals surface area contributed by atoms with Crippen LogP contribution in [0.1, 0.15) is 117 Å². The summed E-state index contributed by atoms with van der Waals surface area (Å²) in [5, 5.41) is 0. The van der Waals surface area contributed by atoms with E-state index in [1.54, 1.807) is 0 Å². The number of nitrogens with zero attached hydrogens (tertiary/aromatic N) is 1. The zero-order valence-electron chi connectivity index (χ0n) is 17.2. The van der Waals surface area contributed by atoms with Gasteiger partial charge in [-0.1, -0.05) is 84.5 Å². The average molecular weight is 327 g/mol. The number of unbranched alkanes of at least 4 members (excludes halogenated alkanes) is 13. The van der Waals surface area contributed by atoms with Crippen molar-refractivity contribution < 1.29 is 4.48 Å². The maximum atomic E-state index is 2.48. The van der Waals surface area contributed by atoms with E-state index in [-0.39, 0.29) is 0 Å². The first-order valence-corrected chi connectivity index (χ1v) is 11.0. The molecule has 0 saturated carbocycles. The van der Waals surface area contributed by atoms with Gasteiger partial charge in [0.2, 0.25) is 0 Å². The third kappa shape index (κ3) is 15.2. The lowest BCUT2D eigenvalue weighted by Crippen LogP contribution is -2.45. The minimum Gasteiger partial charge on any atom is -0.326 e. The Morgan fingerprint density at radius 3 is 1.04 bits per heavy atom. The molecule has 0 saturated heterocycles. The quantitative estimate of drug-likeness (QED) is 0.182. The van der Waals surface area contributed by atoms with Gasteiger partial charge in [0.15, 0.2) is 0 Å². The molecule has 0 rings (SSSR count). The van der Waals surface area contributed by atoms with Crippen molar-refractivity contribution in [3.05, 3.63) is 0 Å². The van der Waals surface area contributed by atoms with E-state index in [2.05, 4.69) is 27.8 Å². The molecular formula is C22H48N+. The van der Waals surface area contributed by atoms with E-state index in [4.69, 9.17) is 0 Å². The molecule has 0 spiro atoms. The Balaban J connectivity index is 3.51. The first-order valence-electron chi connectivity index (χ1n) is 11.0. The van der Waals surface area contributed by atoms with Crippen LogP contribution in [0.5, 0.6) is 0 Å². The van der Waals surface area contributed by atoms with Gasteiger partial charge in [0, 0.05) is 0 Å². The Kier molecular flexibility index (Phi) is 16.8. The van der Waals surface area contributed by atoms with Gasteiger partial charge in [0.05, 0.1) is 26.7 Å². The molecule has 0 aromatic heterocycles. The number of hydrogen-bond acceptors (Lipinski definition) is 0. The minimum atomic E-state index is 1.31. The third-order valence-electron chi connectivity index (χ3n) is 5.62. The van der Waals surface area contributed by atoms with Crippen LogP contribution >= 0.6 is 0 Å². The number of quaternary nitrogens is 1. The van der Waals surface area contributed by atoms with Crippen LogP contribution in [0.3, 0.4) is 0 Å². The van der Waals surface area contributed by atoms with Gasteiger partial charge in [-0.25, -0.2) is 0 Å². The molecule has 140 valence electrons. The lowest BCUT2D eigenvalue weighted by atomic mass is 10.1. The highest BCUT2D eigenvalue weighted by molar-refractivity contribution is 4.49. The van der Waals surface area contributed by atoms with Crippen molar-refractivity contribution in [2.75, 3.05) is 26.7 Å². The van der Waals surface area contributed by atoms with Gasteiger partial charge in [0.25, 0.3) is 0 Å². The van der Waals surface area contributed by atoms with Crippen molar-refractivity contribution in [2.24, 2.45) is 0 Å². The first kappa shape index (κ1) is 23.0. The average Bonchev–Trinajstić information content (AvgIpc) is 2.56. The Bertz CT molecular complexity index is 226. The van der Waals surface area contributed by atoms with Gasteiger partial charge in [-0.15, -0.1) is 0 Å². The zero-order valence-corrected chi connectivity index (χ0v) is 17.2. The predicted octanol–water partition coefficient (Wildman–Crippen LogP) is 7.34. The van der Waals surface area contributed by atoms with E-state index in [1.165, 1.54) is 120 Å². The summed E-state index contributed by atoms with van der Waals surface area (Å²) < 4.78 is 1.31. The van der Waals surface area contributed by atoms with E-state index in [1.807, 2.05) is 0 Å². The smallest absolute Gasteiger partial charge is 0.0784 e. The SMILES string of the molecule is CCCCCCCCCCC[N+](C)(CC)CCCCCCCC. The maximum absolute atomic E-state index is 2.48. The molecule has 0 radical (unpaired) electrons. The molecule has 23 heavy (non-hydrogen) atoms. The van der Waals surface area contributed by atoms with Crippen LogP contribution in [0, 0.1) is 0 Å². The molecule has 1 atom stereocenters. The topological polar surface area (TPSA) is 0 Å². The van der Waals surface area contributed by atoms with Crippen LogP contribution in [0.25, 0.3) is 0 Å². The van der Waals surface area contributed by atoms with Crippen molar-refractivity contribution in [3.63, 3.8) is 0 Å². The third-order valence-corrected chi connectivity index (χ3v) is 5.62. The summed E-state index contributed by atoms with van der Waals surface area (Å²) >= 11 is 0. The van der Waals surface area contributed by atoms with Crippen LogP contribution in [0.15, 0.2) is 0 Å². The molecule has 0 amide bonds. The lowest BCUT2D eigenvalue weighted by molar-refractivity contribution is -0.908. The summed E-state index contributed by atoms with van der Waals surface area (Å²) in [6, 6.07) is 0. The van der Waals surface area contributed by atoms with Crippen molar-refractivity contribution in [1.82, 2.24) is 0 Å². The Morgan fingerprint density at radius 2 is 0.739 bits per heavy atom. The molecule has 1 unspecified atom stereocenters. The van der Waals surface area contributed by atoms with E-state index >= 15 is 0 Å². The Morgan fingerprint density at radius 1 is 0.435 bits per heavy atom. The number of rotatable bonds is 18. The highest BCUT2D eigenvalue weighted by atomic mass is 15.3. The van der Waals surface area contributed by atoms with Gasteiger partial charge in [-0.3, -0.25) is 0 Å². The van der Waals surface area contributed by atoms with Crippen LogP contribution in [0.2, 0.25) is 0 Å². The summed E-state index contributed by atoms with van der Waals surface area (Å²) in [5.74, 6) is 0. The molecule has 0 N–H and O–H groups in total. The van der Waals surface area contributed by atoms with Crippen molar-refractivity contribution in [2.45, 2.75) is 117 Å². The molecule has 0 aromatic carbocycles. The first-order chi connectivity index (χ1) is 11.2. The summed E-state index contributed by atoms with van der Waals surface area (Å²) in [5.41, 5.74) is 0. The van der Waals surface area contributed by atoms with Gasteiger partial charge < -0.3 is 4.48 Å². The van der Waals surface area contributed by atoms with Crippen LogP contribution in [-0.2, 0) is 0 Å². The molecule has 0 aliphatic carbocycles. The molecule has 0 aromatic rings. The highest BCUT2D eigenvalue weighted by Crippen LogP contribution is 2.14. The van der Waals surface area contributed by atoms with Gasteiger partial charge in [-0.05, 0) is 32.6 Å². The Hall–Kier alpha value is -0.0400. The summed E-state index contributed by atoms with van der Waals surface area (Å²) in [6.45, 7) is 11.1. The molecule has 0 aliphatic rings. The second kappa shape index (κ2) is 16.8. The largest absolute Gasteiger partial charge is 0.326 e. The zero-order chi connectivity index (χ0) is 17.2. The monoisotopic (exact) mass is 326 g/mol. The molecule has 1 heteroatoms. The molecule has 0 aliphatic heterocycles. The summed E-state index contributed by atoms with van der Waals surface area (Å²) in [4.78, 5) is 0. The molecular weight excluding hydrogens is 278 g/mol. The fraction of sp³-hybridized carbons (Fsp3) is 1.00. The lowest BCUT2D eigenvalue weighted by Gasteiger charge is -2.33. The predicted molar refractivity (Wildman–Crippen MR) is 107 cm³/mol. The molecule has 0 fully saturated rings. The van der Waals surface area contributed by atoms with Crippen LogP contribution < -0.4 is 0 Å².